The molecule has 2 amide bonds. The number of amides is 2. The van der Waals surface area contributed by atoms with Gasteiger partial charge < -0.3 is 15.0 Å². The van der Waals surface area contributed by atoms with Crippen molar-refractivity contribution < 1.29 is 27.5 Å². The molecule has 1 aromatic heterocycles. The molecule has 29 heavy (non-hydrogen) atoms. The minimum absolute atomic E-state index is 0.0606. The SMILES string of the molecule is CC(=O)Nc1sc(C)c(C)c1C(=O)OCC(=O)N(CC(C)C)[C@@H]1CCS(=O)(=O)C1. The van der Waals surface area contributed by atoms with Gasteiger partial charge in [-0.25, -0.2) is 13.2 Å². The van der Waals surface area contributed by atoms with Crippen molar-refractivity contribution in [3.63, 3.8) is 0 Å². The van der Waals surface area contributed by atoms with Gasteiger partial charge >= 0.3 is 5.97 Å². The first-order valence-corrected chi connectivity index (χ1v) is 12.1. The van der Waals surface area contributed by atoms with Crippen LogP contribution in [0.1, 0.15) is 48.0 Å². The van der Waals surface area contributed by atoms with Gasteiger partial charge in [-0.3, -0.25) is 9.59 Å². The Balaban J connectivity index is 2.11. The van der Waals surface area contributed by atoms with Gasteiger partial charge in [-0.1, -0.05) is 13.8 Å². The van der Waals surface area contributed by atoms with Crippen LogP contribution in [-0.4, -0.2) is 61.8 Å². The van der Waals surface area contributed by atoms with E-state index < -0.39 is 34.4 Å². The number of anilines is 1. The van der Waals surface area contributed by atoms with Gasteiger partial charge in [-0.15, -0.1) is 11.3 Å². The van der Waals surface area contributed by atoms with Gasteiger partial charge in [-0.2, -0.15) is 0 Å². The Bertz CT molecular complexity index is 904. The van der Waals surface area contributed by atoms with Crippen molar-refractivity contribution in [1.29, 1.82) is 0 Å². The van der Waals surface area contributed by atoms with Crippen LogP contribution in [0.2, 0.25) is 0 Å². The highest BCUT2D eigenvalue weighted by Gasteiger charge is 2.35. The largest absolute Gasteiger partial charge is 0.452 e. The normalized spacial score (nSPS) is 17.9. The molecule has 0 aromatic carbocycles. The molecule has 0 saturated carbocycles. The van der Waals surface area contributed by atoms with Gasteiger partial charge in [0.05, 0.1) is 17.1 Å². The number of rotatable bonds is 7. The van der Waals surface area contributed by atoms with Crippen LogP contribution in [0.3, 0.4) is 0 Å². The lowest BCUT2D eigenvalue weighted by Crippen LogP contribution is -2.45. The van der Waals surface area contributed by atoms with Crippen LogP contribution in [-0.2, 0) is 24.2 Å². The van der Waals surface area contributed by atoms with Gasteiger partial charge in [0, 0.05) is 24.4 Å². The molecule has 0 spiro atoms. The molecule has 1 atom stereocenters. The van der Waals surface area contributed by atoms with E-state index in [1.165, 1.54) is 23.2 Å². The first-order chi connectivity index (χ1) is 13.4. The summed E-state index contributed by atoms with van der Waals surface area (Å²) >= 11 is 1.27. The van der Waals surface area contributed by atoms with Crippen molar-refractivity contribution in [1.82, 2.24) is 4.90 Å². The predicted molar refractivity (Wildman–Crippen MR) is 112 cm³/mol. The second kappa shape index (κ2) is 9.25. The van der Waals surface area contributed by atoms with Crippen LogP contribution in [0, 0.1) is 19.8 Å². The maximum atomic E-state index is 12.8. The van der Waals surface area contributed by atoms with E-state index in [0.717, 1.165) is 4.88 Å². The molecule has 162 valence electrons. The maximum absolute atomic E-state index is 12.8. The Morgan fingerprint density at radius 1 is 1.28 bits per heavy atom. The summed E-state index contributed by atoms with van der Waals surface area (Å²) in [7, 11) is -3.14. The predicted octanol–water partition coefficient (Wildman–Crippen LogP) is 2.15. The molecule has 0 aliphatic carbocycles. The number of hydrogen-bond donors (Lipinski definition) is 1. The Labute approximate surface area is 175 Å². The molecule has 10 heteroatoms. The third-order valence-corrected chi connectivity index (χ3v) is 7.61. The smallest absolute Gasteiger partial charge is 0.341 e. The summed E-state index contributed by atoms with van der Waals surface area (Å²) in [5, 5.41) is 3.02. The van der Waals surface area contributed by atoms with E-state index in [1.54, 1.807) is 6.92 Å². The Morgan fingerprint density at radius 2 is 1.93 bits per heavy atom. The van der Waals surface area contributed by atoms with E-state index in [1.807, 2.05) is 20.8 Å². The Morgan fingerprint density at radius 3 is 2.45 bits per heavy atom. The summed E-state index contributed by atoms with van der Waals surface area (Å²) in [6.45, 7) is 8.73. The fourth-order valence-corrected chi connectivity index (χ4v) is 6.10. The van der Waals surface area contributed by atoms with E-state index in [-0.39, 0.29) is 28.9 Å². The fourth-order valence-electron chi connectivity index (χ4n) is 3.27. The number of sulfone groups is 1. The van der Waals surface area contributed by atoms with Crippen molar-refractivity contribution in [3.05, 3.63) is 16.0 Å². The molecule has 0 radical (unpaired) electrons. The lowest BCUT2D eigenvalue weighted by atomic mass is 10.1. The number of ether oxygens (including phenoxy) is 1. The average molecular weight is 445 g/mol. The summed E-state index contributed by atoms with van der Waals surface area (Å²) < 4.78 is 28.9. The zero-order valence-corrected chi connectivity index (χ0v) is 19.0. The van der Waals surface area contributed by atoms with E-state index in [9.17, 15) is 22.8 Å². The number of nitrogens with one attached hydrogen (secondary N) is 1. The van der Waals surface area contributed by atoms with Crippen molar-refractivity contribution in [3.8, 4) is 0 Å². The highest BCUT2D eigenvalue weighted by molar-refractivity contribution is 7.91. The number of nitrogens with zero attached hydrogens (tertiary/aromatic N) is 1. The number of carbonyl (C=O) groups is 3. The lowest BCUT2D eigenvalue weighted by Gasteiger charge is -2.29. The summed E-state index contributed by atoms with van der Waals surface area (Å²) in [5.74, 6) is -1.26. The number of aryl methyl sites for hydroxylation is 1. The van der Waals surface area contributed by atoms with Crippen molar-refractivity contribution in [2.45, 2.75) is 47.1 Å². The highest BCUT2D eigenvalue weighted by Crippen LogP contribution is 2.33. The number of esters is 1. The first-order valence-electron chi connectivity index (χ1n) is 9.46. The van der Waals surface area contributed by atoms with Crippen molar-refractivity contribution in [2.75, 3.05) is 30.0 Å². The number of carbonyl (C=O) groups excluding carboxylic acids is 3. The molecular weight excluding hydrogens is 416 g/mol. The van der Waals surface area contributed by atoms with Crippen molar-refractivity contribution in [2.24, 2.45) is 5.92 Å². The van der Waals surface area contributed by atoms with E-state index in [0.29, 0.717) is 23.5 Å². The van der Waals surface area contributed by atoms with Gasteiger partial charge in [0.1, 0.15) is 5.00 Å². The van der Waals surface area contributed by atoms with Crippen LogP contribution in [0.5, 0.6) is 0 Å². The van der Waals surface area contributed by atoms with Crippen LogP contribution in [0.4, 0.5) is 5.00 Å². The van der Waals surface area contributed by atoms with Crippen LogP contribution < -0.4 is 5.32 Å². The lowest BCUT2D eigenvalue weighted by molar-refractivity contribution is -0.137. The number of thiophene rings is 1. The van der Waals surface area contributed by atoms with Gasteiger partial charge in [0.2, 0.25) is 5.91 Å². The first kappa shape index (κ1) is 23.3. The summed E-state index contributed by atoms with van der Waals surface area (Å²) in [6.07, 6.45) is 0.393. The molecule has 1 aromatic rings. The molecule has 8 nitrogen and oxygen atoms in total. The Hall–Kier alpha value is -1.94. The van der Waals surface area contributed by atoms with Gasteiger partial charge in [0.25, 0.3) is 5.91 Å². The zero-order valence-electron chi connectivity index (χ0n) is 17.4. The minimum Gasteiger partial charge on any atom is -0.452 e. The van der Waals surface area contributed by atoms with Gasteiger partial charge in [-0.05, 0) is 31.7 Å². The second-order valence-electron chi connectivity index (χ2n) is 7.74. The van der Waals surface area contributed by atoms with Gasteiger partial charge in [0.15, 0.2) is 16.4 Å². The van der Waals surface area contributed by atoms with Crippen LogP contribution in [0.15, 0.2) is 0 Å². The second-order valence-corrected chi connectivity index (χ2v) is 11.2. The highest BCUT2D eigenvalue weighted by atomic mass is 32.2. The van der Waals surface area contributed by atoms with E-state index in [2.05, 4.69) is 5.32 Å². The molecule has 2 rings (SSSR count). The summed E-state index contributed by atoms with van der Waals surface area (Å²) in [6, 6.07) is -0.395. The molecule has 1 N–H and O–H groups in total. The summed E-state index contributed by atoms with van der Waals surface area (Å²) in [4.78, 5) is 39.2. The molecule has 0 bridgehead atoms. The van der Waals surface area contributed by atoms with E-state index in [4.69, 9.17) is 4.74 Å². The standard InChI is InChI=1S/C19H28N2O6S2/c1-11(2)8-21(15-6-7-29(25,26)10-15)16(23)9-27-19(24)17-12(3)13(4)28-18(17)20-14(5)22/h11,15H,6-10H2,1-5H3,(H,20,22)/t15-/m1/s1. The van der Waals surface area contributed by atoms with Crippen molar-refractivity contribution >= 4 is 44.0 Å². The third-order valence-electron chi connectivity index (χ3n) is 4.74. The topological polar surface area (TPSA) is 110 Å². The molecule has 0 unspecified atom stereocenters. The number of hydrogen-bond acceptors (Lipinski definition) is 7. The molecule has 2 heterocycles. The minimum atomic E-state index is -3.14. The maximum Gasteiger partial charge on any atom is 0.341 e. The molecule has 1 saturated heterocycles. The fraction of sp³-hybridized carbons (Fsp3) is 0.632. The Kier molecular flexibility index (Phi) is 7.45. The molecule has 1 fully saturated rings. The summed E-state index contributed by atoms with van der Waals surface area (Å²) in [5.41, 5.74) is 0.937. The zero-order chi connectivity index (χ0) is 21.9. The van der Waals surface area contributed by atoms with Crippen LogP contribution >= 0.6 is 11.3 Å². The quantitative estimate of drug-likeness (QED) is 0.646. The van der Waals surface area contributed by atoms with E-state index >= 15 is 0 Å². The average Bonchev–Trinajstić information content (AvgIpc) is 3.08. The van der Waals surface area contributed by atoms with Crippen LogP contribution in [0.25, 0.3) is 0 Å². The third kappa shape index (κ3) is 6.02. The molecule has 1 aliphatic rings. The monoisotopic (exact) mass is 444 g/mol. The molecule has 1 aliphatic heterocycles. The molecular formula is C19H28N2O6S2.